The second-order valence-electron chi connectivity index (χ2n) is 5.93. The van der Waals surface area contributed by atoms with Gasteiger partial charge in [0.25, 0.3) is 10.0 Å². The summed E-state index contributed by atoms with van der Waals surface area (Å²) in [7, 11) is -0.504. The summed E-state index contributed by atoms with van der Waals surface area (Å²) in [5, 5.41) is 8.93. The zero-order valence-electron chi connectivity index (χ0n) is 14.3. The maximum Gasteiger partial charge on any atom is 0.326 e. The highest BCUT2D eigenvalue weighted by molar-refractivity contribution is 7.90. The molecule has 0 saturated heterocycles. The summed E-state index contributed by atoms with van der Waals surface area (Å²) in [6.07, 6.45) is 0.618. The first-order valence-corrected chi connectivity index (χ1v) is 9.23. The first kappa shape index (κ1) is 18.9. The van der Waals surface area contributed by atoms with Crippen molar-refractivity contribution in [2.45, 2.75) is 30.7 Å². The van der Waals surface area contributed by atoms with Gasteiger partial charge >= 0.3 is 5.97 Å². The number of carbonyl (C=O) groups is 2. The zero-order valence-corrected chi connectivity index (χ0v) is 15.2. The van der Waals surface area contributed by atoms with Crippen molar-refractivity contribution in [3.63, 3.8) is 0 Å². The molecule has 1 aliphatic heterocycles. The number of carbonyl (C=O) groups excluding carboxylic acids is 1. The third kappa shape index (κ3) is 3.98. The van der Waals surface area contributed by atoms with Gasteiger partial charge in [-0.1, -0.05) is 12.1 Å². The van der Waals surface area contributed by atoms with Crippen molar-refractivity contribution in [2.75, 3.05) is 20.6 Å². The third-order valence-electron chi connectivity index (χ3n) is 4.19. The van der Waals surface area contributed by atoms with Crippen LogP contribution in [0, 0.1) is 0 Å². The number of amidine groups is 1. The van der Waals surface area contributed by atoms with Crippen LogP contribution in [0.4, 0.5) is 0 Å². The van der Waals surface area contributed by atoms with Crippen LogP contribution in [0.15, 0.2) is 33.6 Å². The predicted molar refractivity (Wildman–Crippen MR) is 91.9 cm³/mol. The van der Waals surface area contributed by atoms with Crippen molar-refractivity contribution < 1.29 is 23.1 Å². The minimum absolute atomic E-state index is 0.167. The van der Waals surface area contributed by atoms with Gasteiger partial charge in [-0.25, -0.2) is 4.79 Å². The van der Waals surface area contributed by atoms with Crippen molar-refractivity contribution in [2.24, 2.45) is 4.40 Å². The van der Waals surface area contributed by atoms with Crippen LogP contribution in [0.25, 0.3) is 0 Å². The van der Waals surface area contributed by atoms with Crippen molar-refractivity contribution >= 4 is 27.7 Å². The molecule has 2 rings (SSSR count). The van der Waals surface area contributed by atoms with E-state index in [1.807, 2.05) is 0 Å². The fraction of sp³-hybridized carbons (Fsp3) is 0.438. The van der Waals surface area contributed by atoms with E-state index >= 15 is 0 Å². The van der Waals surface area contributed by atoms with Crippen LogP contribution in [0.2, 0.25) is 0 Å². The zero-order chi connectivity index (χ0) is 18.8. The quantitative estimate of drug-likeness (QED) is 0.796. The number of fused-ring (bicyclic) bond motifs is 1. The predicted octanol–water partition coefficient (Wildman–Crippen LogP) is 0.779. The van der Waals surface area contributed by atoms with E-state index in [1.165, 1.54) is 24.9 Å². The van der Waals surface area contributed by atoms with Crippen LogP contribution < -0.4 is 0 Å². The van der Waals surface area contributed by atoms with E-state index in [0.717, 1.165) is 0 Å². The number of rotatable bonds is 6. The molecule has 0 radical (unpaired) electrons. The van der Waals surface area contributed by atoms with Crippen LogP contribution >= 0.6 is 0 Å². The van der Waals surface area contributed by atoms with Crippen LogP contribution in [-0.2, 0) is 19.6 Å². The highest BCUT2D eigenvalue weighted by atomic mass is 32.2. The maximum absolute atomic E-state index is 12.0. The third-order valence-corrected chi connectivity index (χ3v) is 5.52. The van der Waals surface area contributed by atoms with Gasteiger partial charge in [0.2, 0.25) is 5.91 Å². The molecular weight excluding hydrogens is 346 g/mol. The average molecular weight is 367 g/mol. The minimum Gasteiger partial charge on any atom is -0.480 e. The number of carboxylic acids is 1. The molecule has 1 aromatic carbocycles. The van der Waals surface area contributed by atoms with Crippen LogP contribution in [0.3, 0.4) is 0 Å². The maximum atomic E-state index is 12.0. The number of likely N-dealkylation sites (N-methyl/N-ethyl adjacent to an activating group) is 1. The molecule has 1 amide bonds. The number of hydrogen-bond donors (Lipinski definition) is 1. The largest absolute Gasteiger partial charge is 0.480 e. The summed E-state index contributed by atoms with van der Waals surface area (Å²) >= 11 is 0. The number of carboxylic acid groups (broad SMARTS) is 1. The number of hydrogen-bond acceptors (Lipinski definition) is 5. The Hall–Kier alpha value is -2.42. The van der Waals surface area contributed by atoms with E-state index in [4.69, 9.17) is 5.11 Å². The van der Waals surface area contributed by atoms with E-state index in [1.54, 1.807) is 30.1 Å². The lowest BCUT2D eigenvalue weighted by Gasteiger charge is -2.23. The number of nitrogens with zero attached hydrogens (tertiary/aromatic N) is 3. The molecular formula is C16H21N3O5S. The van der Waals surface area contributed by atoms with Gasteiger partial charge in [0.1, 0.15) is 16.8 Å². The molecule has 1 N–H and O–H groups in total. The molecule has 0 fully saturated rings. The number of amides is 1. The molecule has 1 aromatic rings. The summed E-state index contributed by atoms with van der Waals surface area (Å²) in [6.45, 7) is 1.87. The molecule has 0 aliphatic carbocycles. The summed E-state index contributed by atoms with van der Waals surface area (Å²) in [6, 6.07) is 5.71. The topological polar surface area (TPSA) is 107 Å². The average Bonchev–Trinajstić information content (AvgIpc) is 2.85. The molecule has 8 nitrogen and oxygen atoms in total. The molecule has 0 saturated carbocycles. The SMILES string of the molecule is CC(C(=O)O)N(C)C(=O)CCCN(C)C1=NS(=O)(=O)c2ccccc21. The molecule has 0 spiro atoms. The number of benzene rings is 1. The summed E-state index contributed by atoms with van der Waals surface area (Å²) in [5.74, 6) is -0.977. The number of sulfonamides is 1. The van der Waals surface area contributed by atoms with Gasteiger partial charge in [-0.2, -0.15) is 8.42 Å². The second kappa shape index (κ2) is 7.22. The van der Waals surface area contributed by atoms with E-state index in [0.29, 0.717) is 24.4 Å². The second-order valence-corrected chi connectivity index (χ2v) is 7.50. The van der Waals surface area contributed by atoms with Gasteiger partial charge in [0, 0.05) is 32.6 Å². The van der Waals surface area contributed by atoms with Gasteiger partial charge in [-0.3, -0.25) is 4.79 Å². The van der Waals surface area contributed by atoms with E-state index in [9.17, 15) is 18.0 Å². The van der Waals surface area contributed by atoms with Gasteiger partial charge in [0.05, 0.1) is 0 Å². The fourth-order valence-electron chi connectivity index (χ4n) is 2.50. The lowest BCUT2D eigenvalue weighted by atomic mass is 10.2. The summed E-state index contributed by atoms with van der Waals surface area (Å²) in [4.78, 5) is 26.0. The van der Waals surface area contributed by atoms with Crippen molar-refractivity contribution in [1.29, 1.82) is 0 Å². The molecule has 1 atom stereocenters. The van der Waals surface area contributed by atoms with E-state index in [-0.39, 0.29) is 17.2 Å². The summed E-state index contributed by atoms with van der Waals surface area (Å²) < 4.78 is 27.9. The molecule has 0 bridgehead atoms. The summed E-state index contributed by atoms with van der Waals surface area (Å²) in [5.41, 5.74) is 0.549. The monoisotopic (exact) mass is 367 g/mol. The van der Waals surface area contributed by atoms with Crippen LogP contribution in [-0.4, -0.2) is 67.7 Å². The Morgan fingerprint density at radius 2 is 1.88 bits per heavy atom. The molecule has 1 unspecified atom stereocenters. The first-order chi connectivity index (χ1) is 11.6. The Bertz CT molecular complexity index is 819. The van der Waals surface area contributed by atoms with Gasteiger partial charge < -0.3 is 14.9 Å². The van der Waals surface area contributed by atoms with Gasteiger partial charge in [-0.05, 0) is 25.5 Å². The van der Waals surface area contributed by atoms with Crippen molar-refractivity contribution in [3.05, 3.63) is 29.8 Å². The normalized spacial score (nSPS) is 15.9. The molecule has 9 heteroatoms. The lowest BCUT2D eigenvalue weighted by molar-refractivity contribution is -0.148. The smallest absolute Gasteiger partial charge is 0.326 e. The highest BCUT2D eigenvalue weighted by Gasteiger charge is 2.30. The molecule has 0 aromatic heterocycles. The Balaban J connectivity index is 1.97. The van der Waals surface area contributed by atoms with E-state index < -0.39 is 22.0 Å². The molecule has 1 heterocycles. The minimum atomic E-state index is -3.67. The Morgan fingerprint density at radius 1 is 1.24 bits per heavy atom. The lowest BCUT2D eigenvalue weighted by Crippen LogP contribution is -2.40. The standard InChI is InChI=1S/C16H21N3O5S/c1-11(16(21)22)19(3)14(20)9-6-10-18(2)15-12-7-4-5-8-13(12)25(23,24)17-15/h4-5,7-8,11H,6,9-10H2,1-3H3,(H,21,22). The van der Waals surface area contributed by atoms with Crippen LogP contribution in [0.1, 0.15) is 25.3 Å². The Morgan fingerprint density at radius 3 is 2.52 bits per heavy atom. The molecule has 25 heavy (non-hydrogen) atoms. The van der Waals surface area contributed by atoms with Crippen LogP contribution in [0.5, 0.6) is 0 Å². The Labute approximate surface area is 146 Å². The number of aliphatic carboxylic acids is 1. The van der Waals surface area contributed by atoms with Gasteiger partial charge in [0.15, 0.2) is 0 Å². The molecule has 1 aliphatic rings. The van der Waals surface area contributed by atoms with Gasteiger partial charge in [-0.15, -0.1) is 4.40 Å². The van der Waals surface area contributed by atoms with E-state index in [2.05, 4.69) is 4.40 Å². The molecule has 136 valence electrons. The van der Waals surface area contributed by atoms with Crippen molar-refractivity contribution in [3.8, 4) is 0 Å². The first-order valence-electron chi connectivity index (χ1n) is 7.79. The fourth-order valence-corrected chi connectivity index (χ4v) is 3.75. The Kier molecular flexibility index (Phi) is 5.46. The van der Waals surface area contributed by atoms with Crippen molar-refractivity contribution in [1.82, 2.24) is 9.80 Å². The highest BCUT2D eigenvalue weighted by Crippen LogP contribution is 2.26.